The molecule has 2 N–H and O–H groups in total. The van der Waals surface area contributed by atoms with E-state index >= 15 is 0 Å². The fourth-order valence-electron chi connectivity index (χ4n) is 2.32. The van der Waals surface area contributed by atoms with Gasteiger partial charge in [0.1, 0.15) is 6.17 Å². The van der Waals surface area contributed by atoms with E-state index in [-0.39, 0.29) is 25.3 Å². The van der Waals surface area contributed by atoms with E-state index in [1.165, 1.54) is 0 Å². The van der Waals surface area contributed by atoms with E-state index in [0.717, 1.165) is 19.3 Å². The molecule has 1 atom stereocenters. The average Bonchev–Trinajstić information content (AvgIpc) is 2.40. The van der Waals surface area contributed by atoms with Gasteiger partial charge in [-0.3, -0.25) is 4.79 Å². The molecule has 6 heteroatoms. The molecule has 0 aromatic carbocycles. The summed E-state index contributed by atoms with van der Waals surface area (Å²) in [7, 11) is 3.69. The smallest absolute Gasteiger partial charge is 0.359 e. The molecular formula is C16H32FN2O3+. The number of nitrogens with one attached hydrogen (secondary N) is 1. The molecule has 0 rings (SSSR count). The predicted molar refractivity (Wildman–Crippen MR) is 85.4 cm³/mol. The predicted octanol–water partition coefficient (Wildman–Crippen LogP) is 2.35. The standard InChI is InChI=1S/C16H31FN2O3/c1-4-5-6-8-14(17)9-10-15(20)18-11-7-12-19(2,3)13-16(21)22/h14H,4-13H2,1-3H3,(H-,18,20,21,22)/p+1. The zero-order valence-electron chi connectivity index (χ0n) is 14.2. The van der Waals surface area contributed by atoms with Gasteiger partial charge in [-0.2, -0.15) is 0 Å². The first-order chi connectivity index (χ1) is 10.3. The molecule has 0 aromatic rings. The van der Waals surface area contributed by atoms with Crippen LogP contribution in [0.1, 0.15) is 51.9 Å². The molecule has 22 heavy (non-hydrogen) atoms. The first kappa shape index (κ1) is 20.8. The van der Waals surface area contributed by atoms with Crippen LogP contribution in [0, 0.1) is 0 Å². The van der Waals surface area contributed by atoms with E-state index in [0.29, 0.717) is 30.4 Å². The summed E-state index contributed by atoms with van der Waals surface area (Å²) < 4.78 is 13.9. The van der Waals surface area contributed by atoms with Gasteiger partial charge in [-0.15, -0.1) is 0 Å². The molecule has 0 saturated carbocycles. The lowest BCUT2D eigenvalue weighted by atomic mass is 10.1. The lowest BCUT2D eigenvalue weighted by molar-refractivity contribution is -0.883. The topological polar surface area (TPSA) is 66.4 Å². The van der Waals surface area contributed by atoms with Gasteiger partial charge in [-0.25, -0.2) is 9.18 Å². The molecule has 0 heterocycles. The number of alkyl halides is 1. The maximum atomic E-state index is 13.5. The molecule has 0 aliphatic rings. The number of likely N-dealkylation sites (N-methyl/N-ethyl adjacent to an activating group) is 1. The SMILES string of the molecule is CCCCCC(F)CCC(=O)NCCC[N+](C)(C)CC(=O)O. The van der Waals surface area contributed by atoms with Crippen LogP contribution >= 0.6 is 0 Å². The largest absolute Gasteiger partial charge is 0.477 e. The van der Waals surface area contributed by atoms with Crippen LogP contribution in [0.15, 0.2) is 0 Å². The van der Waals surface area contributed by atoms with Gasteiger partial charge in [-0.05, 0) is 12.8 Å². The van der Waals surface area contributed by atoms with Crippen molar-refractivity contribution in [3.63, 3.8) is 0 Å². The number of carboxylic acid groups (broad SMARTS) is 1. The molecule has 0 aliphatic heterocycles. The monoisotopic (exact) mass is 319 g/mol. The highest BCUT2D eigenvalue weighted by Gasteiger charge is 2.18. The summed E-state index contributed by atoms with van der Waals surface area (Å²) >= 11 is 0. The molecule has 1 unspecified atom stereocenters. The Morgan fingerprint density at radius 2 is 1.86 bits per heavy atom. The minimum Gasteiger partial charge on any atom is -0.477 e. The van der Waals surface area contributed by atoms with Gasteiger partial charge in [0.05, 0.1) is 20.6 Å². The van der Waals surface area contributed by atoms with Crippen molar-refractivity contribution in [1.82, 2.24) is 5.32 Å². The van der Waals surface area contributed by atoms with Gasteiger partial charge >= 0.3 is 5.97 Å². The van der Waals surface area contributed by atoms with E-state index in [1.807, 2.05) is 14.1 Å². The first-order valence-corrected chi connectivity index (χ1v) is 8.21. The Kier molecular flexibility index (Phi) is 10.8. The third kappa shape index (κ3) is 12.6. The van der Waals surface area contributed by atoms with Crippen molar-refractivity contribution in [2.24, 2.45) is 0 Å². The number of carboxylic acids is 1. The Morgan fingerprint density at radius 3 is 2.45 bits per heavy atom. The van der Waals surface area contributed by atoms with Crippen LogP contribution in [0.25, 0.3) is 0 Å². The Labute approximate surface area is 133 Å². The van der Waals surface area contributed by atoms with Gasteiger partial charge in [0.25, 0.3) is 0 Å². The lowest BCUT2D eigenvalue weighted by Crippen LogP contribution is -2.45. The Balaban J connectivity index is 3.67. The molecular weight excluding hydrogens is 287 g/mol. The van der Waals surface area contributed by atoms with E-state index in [9.17, 15) is 14.0 Å². The van der Waals surface area contributed by atoms with Crippen LogP contribution in [0.2, 0.25) is 0 Å². The third-order valence-corrected chi connectivity index (χ3v) is 3.63. The number of unbranched alkanes of at least 4 members (excludes halogenated alkanes) is 2. The van der Waals surface area contributed by atoms with Crippen LogP contribution in [0.5, 0.6) is 0 Å². The molecule has 1 amide bonds. The average molecular weight is 319 g/mol. The second-order valence-corrected chi connectivity index (χ2v) is 6.55. The maximum Gasteiger partial charge on any atom is 0.359 e. The highest BCUT2D eigenvalue weighted by atomic mass is 19.1. The quantitative estimate of drug-likeness (QED) is 0.404. The van der Waals surface area contributed by atoms with Crippen molar-refractivity contribution in [3.8, 4) is 0 Å². The lowest BCUT2D eigenvalue weighted by Gasteiger charge is -2.27. The van der Waals surface area contributed by atoms with E-state index in [1.54, 1.807) is 0 Å². The first-order valence-electron chi connectivity index (χ1n) is 8.21. The summed E-state index contributed by atoms with van der Waals surface area (Å²) in [6, 6.07) is 0. The normalized spacial score (nSPS) is 12.9. The summed E-state index contributed by atoms with van der Waals surface area (Å²) in [6.07, 6.45) is 3.88. The summed E-state index contributed by atoms with van der Waals surface area (Å²) in [6.45, 7) is 3.33. The second-order valence-electron chi connectivity index (χ2n) is 6.55. The number of aliphatic carboxylic acids is 1. The van der Waals surface area contributed by atoms with Crippen LogP contribution in [0.3, 0.4) is 0 Å². The van der Waals surface area contributed by atoms with Crippen LogP contribution in [-0.2, 0) is 9.59 Å². The highest BCUT2D eigenvalue weighted by molar-refractivity contribution is 5.75. The Hall–Kier alpha value is -1.17. The Bertz CT molecular complexity index is 335. The molecule has 0 spiro atoms. The number of quaternary nitrogens is 1. The van der Waals surface area contributed by atoms with Crippen LogP contribution in [-0.4, -0.2) is 61.4 Å². The van der Waals surface area contributed by atoms with E-state index < -0.39 is 12.1 Å². The van der Waals surface area contributed by atoms with Crippen molar-refractivity contribution < 1.29 is 23.6 Å². The molecule has 0 aliphatic carbocycles. The number of carbonyl (C=O) groups is 2. The second kappa shape index (κ2) is 11.4. The number of carbonyl (C=O) groups excluding carboxylic acids is 1. The third-order valence-electron chi connectivity index (χ3n) is 3.63. The summed E-state index contributed by atoms with van der Waals surface area (Å²) in [5, 5.41) is 11.5. The van der Waals surface area contributed by atoms with Crippen molar-refractivity contribution in [2.45, 2.75) is 58.0 Å². The van der Waals surface area contributed by atoms with E-state index in [4.69, 9.17) is 5.11 Å². The van der Waals surface area contributed by atoms with Gasteiger partial charge in [0.15, 0.2) is 6.54 Å². The number of rotatable bonds is 13. The summed E-state index contributed by atoms with van der Waals surface area (Å²) in [5.74, 6) is -0.951. The molecule has 0 aromatic heterocycles. The van der Waals surface area contributed by atoms with Crippen LogP contribution < -0.4 is 5.32 Å². The number of amides is 1. The van der Waals surface area contributed by atoms with Crippen LogP contribution in [0.4, 0.5) is 4.39 Å². The van der Waals surface area contributed by atoms with Gasteiger partial charge in [0, 0.05) is 19.4 Å². The maximum absolute atomic E-state index is 13.5. The highest BCUT2D eigenvalue weighted by Crippen LogP contribution is 2.11. The van der Waals surface area contributed by atoms with E-state index in [2.05, 4.69) is 12.2 Å². The van der Waals surface area contributed by atoms with Crippen molar-refractivity contribution >= 4 is 11.9 Å². The van der Waals surface area contributed by atoms with Crippen molar-refractivity contribution in [3.05, 3.63) is 0 Å². The summed E-state index contributed by atoms with van der Waals surface area (Å²) in [5.41, 5.74) is 0. The molecule has 0 radical (unpaired) electrons. The Morgan fingerprint density at radius 1 is 1.18 bits per heavy atom. The molecule has 0 bridgehead atoms. The fraction of sp³-hybridized carbons (Fsp3) is 0.875. The molecule has 0 fully saturated rings. The zero-order valence-corrected chi connectivity index (χ0v) is 14.2. The summed E-state index contributed by atoms with van der Waals surface area (Å²) in [4.78, 5) is 22.3. The minimum atomic E-state index is -0.886. The van der Waals surface area contributed by atoms with Crippen molar-refractivity contribution in [1.29, 1.82) is 0 Å². The molecule has 130 valence electrons. The van der Waals surface area contributed by atoms with Gasteiger partial charge < -0.3 is 14.9 Å². The van der Waals surface area contributed by atoms with Gasteiger partial charge in [-0.1, -0.05) is 26.2 Å². The number of hydrogen-bond acceptors (Lipinski definition) is 2. The van der Waals surface area contributed by atoms with Crippen molar-refractivity contribution in [2.75, 3.05) is 33.7 Å². The molecule has 5 nitrogen and oxygen atoms in total. The fourth-order valence-corrected chi connectivity index (χ4v) is 2.32. The minimum absolute atomic E-state index is 0.0647. The number of hydrogen-bond donors (Lipinski definition) is 2. The molecule has 0 saturated heterocycles. The number of halogens is 1. The number of nitrogens with zero attached hydrogens (tertiary/aromatic N) is 1. The zero-order chi connectivity index (χ0) is 17.0. The van der Waals surface area contributed by atoms with Gasteiger partial charge in [0.2, 0.25) is 5.91 Å².